The van der Waals surface area contributed by atoms with Crippen LogP contribution in [0.1, 0.15) is 52.4 Å². The van der Waals surface area contributed by atoms with E-state index in [9.17, 15) is 9.90 Å². The lowest BCUT2D eigenvalue weighted by molar-refractivity contribution is -0.120. The van der Waals surface area contributed by atoms with Crippen molar-refractivity contribution in [2.75, 3.05) is 26.2 Å². The van der Waals surface area contributed by atoms with Crippen molar-refractivity contribution < 1.29 is 14.6 Å². The molecule has 21 heavy (non-hydrogen) atoms. The number of aliphatic hydroxyl groups excluding tert-OH is 1. The maximum absolute atomic E-state index is 11.3. The third-order valence-electron chi connectivity index (χ3n) is 4.15. The van der Waals surface area contributed by atoms with Crippen molar-refractivity contribution in [1.29, 1.82) is 0 Å². The Balaban J connectivity index is 2.07. The molecule has 1 fully saturated rings. The van der Waals surface area contributed by atoms with Crippen LogP contribution in [0.4, 0.5) is 0 Å². The summed E-state index contributed by atoms with van der Waals surface area (Å²) in [4.78, 5) is 11.3. The smallest absolute Gasteiger partial charge is 0.221 e. The van der Waals surface area contributed by atoms with Crippen molar-refractivity contribution in [3.63, 3.8) is 0 Å². The second kappa shape index (κ2) is 11.0. The van der Waals surface area contributed by atoms with Crippen LogP contribution in [-0.2, 0) is 9.53 Å². The SMILES string of the molecule is CCNC(=O)CCNCC(O)COC1CCCCC1CC. The van der Waals surface area contributed by atoms with Crippen LogP contribution in [-0.4, -0.2) is 49.5 Å². The molecule has 1 aliphatic rings. The molecule has 3 atom stereocenters. The Morgan fingerprint density at radius 1 is 1.33 bits per heavy atom. The van der Waals surface area contributed by atoms with Crippen molar-refractivity contribution in [2.24, 2.45) is 5.92 Å². The molecular weight excluding hydrogens is 268 g/mol. The van der Waals surface area contributed by atoms with Gasteiger partial charge in [-0.1, -0.05) is 26.2 Å². The molecule has 5 heteroatoms. The summed E-state index contributed by atoms with van der Waals surface area (Å²) in [7, 11) is 0. The Hall–Kier alpha value is -0.650. The Bertz CT molecular complexity index is 287. The first-order chi connectivity index (χ1) is 10.2. The highest BCUT2D eigenvalue weighted by atomic mass is 16.5. The summed E-state index contributed by atoms with van der Waals surface area (Å²) in [6, 6.07) is 0. The van der Waals surface area contributed by atoms with Crippen molar-refractivity contribution in [1.82, 2.24) is 10.6 Å². The molecule has 1 saturated carbocycles. The normalized spacial score (nSPS) is 23.8. The maximum atomic E-state index is 11.3. The fourth-order valence-electron chi connectivity index (χ4n) is 2.91. The third kappa shape index (κ3) is 7.79. The van der Waals surface area contributed by atoms with Gasteiger partial charge in [-0.2, -0.15) is 0 Å². The van der Waals surface area contributed by atoms with E-state index in [1.807, 2.05) is 6.92 Å². The lowest BCUT2D eigenvalue weighted by Gasteiger charge is -2.31. The molecule has 0 aromatic heterocycles. The minimum Gasteiger partial charge on any atom is -0.389 e. The van der Waals surface area contributed by atoms with Crippen molar-refractivity contribution in [3.8, 4) is 0 Å². The molecule has 0 radical (unpaired) electrons. The fraction of sp³-hybridized carbons (Fsp3) is 0.938. The zero-order valence-corrected chi connectivity index (χ0v) is 13.6. The summed E-state index contributed by atoms with van der Waals surface area (Å²) in [5, 5.41) is 15.8. The van der Waals surface area contributed by atoms with Crippen LogP contribution in [0.25, 0.3) is 0 Å². The number of rotatable bonds is 10. The summed E-state index contributed by atoms with van der Waals surface area (Å²) in [5.41, 5.74) is 0. The standard InChI is InChI=1S/C16H32N2O3/c1-3-13-7-5-6-8-15(13)21-12-14(19)11-17-10-9-16(20)18-4-2/h13-15,17,19H,3-12H2,1-2H3,(H,18,20). The van der Waals surface area contributed by atoms with E-state index < -0.39 is 6.10 Å². The van der Waals surface area contributed by atoms with Gasteiger partial charge < -0.3 is 20.5 Å². The molecule has 0 bridgehead atoms. The first-order valence-electron chi connectivity index (χ1n) is 8.44. The van der Waals surface area contributed by atoms with Crippen LogP contribution in [0.15, 0.2) is 0 Å². The lowest BCUT2D eigenvalue weighted by atomic mass is 9.85. The molecule has 0 aromatic carbocycles. The topological polar surface area (TPSA) is 70.6 Å². The van der Waals surface area contributed by atoms with Crippen LogP contribution in [0.3, 0.4) is 0 Å². The second-order valence-electron chi connectivity index (χ2n) is 5.89. The Labute approximate surface area is 128 Å². The molecule has 0 heterocycles. The van der Waals surface area contributed by atoms with Crippen molar-refractivity contribution in [3.05, 3.63) is 0 Å². The van der Waals surface area contributed by atoms with Crippen LogP contribution in [0.2, 0.25) is 0 Å². The highest BCUT2D eigenvalue weighted by molar-refractivity contribution is 5.75. The van der Waals surface area contributed by atoms with Gasteiger partial charge >= 0.3 is 0 Å². The number of amides is 1. The second-order valence-corrected chi connectivity index (χ2v) is 5.89. The quantitative estimate of drug-likeness (QED) is 0.534. The summed E-state index contributed by atoms with van der Waals surface area (Å²) >= 11 is 0. The molecule has 0 aliphatic heterocycles. The largest absolute Gasteiger partial charge is 0.389 e. The average Bonchev–Trinajstić information content (AvgIpc) is 2.50. The molecule has 0 aromatic rings. The van der Waals surface area contributed by atoms with E-state index in [4.69, 9.17) is 4.74 Å². The molecule has 3 unspecified atom stereocenters. The monoisotopic (exact) mass is 300 g/mol. The fourth-order valence-corrected chi connectivity index (χ4v) is 2.91. The molecule has 0 spiro atoms. The van der Waals surface area contributed by atoms with E-state index in [1.165, 1.54) is 19.3 Å². The van der Waals surface area contributed by atoms with Crippen LogP contribution < -0.4 is 10.6 Å². The zero-order valence-electron chi connectivity index (χ0n) is 13.6. The van der Waals surface area contributed by atoms with Gasteiger partial charge in [-0.05, 0) is 25.7 Å². The van der Waals surface area contributed by atoms with Gasteiger partial charge in [0.25, 0.3) is 0 Å². The molecule has 5 nitrogen and oxygen atoms in total. The number of hydrogen-bond donors (Lipinski definition) is 3. The number of ether oxygens (including phenoxy) is 1. The molecule has 124 valence electrons. The molecule has 1 aliphatic carbocycles. The molecule has 1 rings (SSSR count). The van der Waals surface area contributed by atoms with Crippen molar-refractivity contribution >= 4 is 5.91 Å². The van der Waals surface area contributed by atoms with Gasteiger partial charge in [0.15, 0.2) is 0 Å². The zero-order chi connectivity index (χ0) is 15.5. The number of nitrogens with one attached hydrogen (secondary N) is 2. The first kappa shape index (κ1) is 18.4. The van der Waals surface area contributed by atoms with Gasteiger partial charge in [-0.15, -0.1) is 0 Å². The Kier molecular flexibility index (Phi) is 9.63. The molecular formula is C16H32N2O3. The number of aliphatic hydroxyl groups is 1. The summed E-state index contributed by atoms with van der Waals surface area (Å²) in [6.07, 6.45) is 6.34. The summed E-state index contributed by atoms with van der Waals surface area (Å²) in [5.74, 6) is 0.695. The van der Waals surface area contributed by atoms with Gasteiger partial charge in [0.05, 0.1) is 18.8 Å². The Morgan fingerprint density at radius 3 is 2.81 bits per heavy atom. The predicted molar refractivity (Wildman–Crippen MR) is 84.2 cm³/mol. The first-order valence-corrected chi connectivity index (χ1v) is 8.44. The third-order valence-corrected chi connectivity index (χ3v) is 4.15. The number of carbonyl (C=O) groups is 1. The highest BCUT2D eigenvalue weighted by Gasteiger charge is 2.24. The van der Waals surface area contributed by atoms with E-state index in [-0.39, 0.29) is 5.91 Å². The number of hydrogen-bond acceptors (Lipinski definition) is 4. The van der Waals surface area contributed by atoms with Crippen LogP contribution in [0, 0.1) is 5.92 Å². The highest BCUT2D eigenvalue weighted by Crippen LogP contribution is 2.29. The minimum atomic E-state index is -0.501. The van der Waals surface area contributed by atoms with E-state index in [0.29, 0.717) is 44.7 Å². The molecule has 3 N–H and O–H groups in total. The maximum Gasteiger partial charge on any atom is 0.221 e. The van der Waals surface area contributed by atoms with Gasteiger partial charge in [-0.3, -0.25) is 4.79 Å². The van der Waals surface area contributed by atoms with Gasteiger partial charge in [0, 0.05) is 26.1 Å². The summed E-state index contributed by atoms with van der Waals surface area (Å²) < 4.78 is 5.90. The predicted octanol–water partition coefficient (Wildman–Crippen LogP) is 1.45. The van der Waals surface area contributed by atoms with Crippen LogP contribution >= 0.6 is 0 Å². The lowest BCUT2D eigenvalue weighted by Crippen LogP contribution is -2.36. The van der Waals surface area contributed by atoms with Gasteiger partial charge in [0.1, 0.15) is 0 Å². The molecule has 1 amide bonds. The number of carbonyl (C=O) groups excluding carboxylic acids is 1. The van der Waals surface area contributed by atoms with Crippen molar-refractivity contribution in [2.45, 2.75) is 64.6 Å². The average molecular weight is 300 g/mol. The van der Waals surface area contributed by atoms with E-state index >= 15 is 0 Å². The van der Waals surface area contributed by atoms with Gasteiger partial charge in [-0.25, -0.2) is 0 Å². The summed E-state index contributed by atoms with van der Waals surface area (Å²) in [6.45, 7) is 6.23. The van der Waals surface area contributed by atoms with E-state index in [2.05, 4.69) is 17.6 Å². The van der Waals surface area contributed by atoms with Crippen LogP contribution in [0.5, 0.6) is 0 Å². The van der Waals surface area contributed by atoms with Gasteiger partial charge in [0.2, 0.25) is 5.91 Å². The Morgan fingerprint density at radius 2 is 2.10 bits per heavy atom. The van der Waals surface area contributed by atoms with E-state index in [0.717, 1.165) is 12.8 Å². The van der Waals surface area contributed by atoms with E-state index in [1.54, 1.807) is 0 Å². The molecule has 0 saturated heterocycles. The minimum absolute atomic E-state index is 0.0451.